The second-order valence-corrected chi connectivity index (χ2v) is 0. The van der Waals surface area contributed by atoms with Gasteiger partial charge in [0.25, 0.3) is 0 Å². The molecule has 6 radical (unpaired) electrons. The van der Waals surface area contributed by atoms with Gasteiger partial charge in [-0.15, -0.1) is 0 Å². The minimum atomic E-state index is 0. The Hall–Kier alpha value is 5.83. The summed E-state index contributed by atoms with van der Waals surface area (Å²) < 4.78 is 0. The Morgan fingerprint density at radius 3 is 1.00 bits per heavy atom. The zero-order valence-corrected chi connectivity index (χ0v) is 16.6. The van der Waals surface area contributed by atoms with Gasteiger partial charge in [0.05, 0.1) is 0 Å². The van der Waals surface area contributed by atoms with Crippen LogP contribution in [0.25, 0.3) is 0 Å². The van der Waals surface area contributed by atoms with E-state index in [0.29, 0.717) is 0 Å². The van der Waals surface area contributed by atoms with Crippen molar-refractivity contribution in [3.63, 3.8) is 0 Å². The van der Waals surface area contributed by atoms with E-state index in [-0.39, 0.29) is 185 Å². The van der Waals surface area contributed by atoms with Crippen LogP contribution in [0.4, 0.5) is 0 Å². The van der Waals surface area contributed by atoms with Crippen molar-refractivity contribution in [2.24, 2.45) is 0 Å². The summed E-state index contributed by atoms with van der Waals surface area (Å²) in [5, 5.41) is 0. The van der Waals surface area contributed by atoms with Crippen molar-refractivity contribution >= 4 is 86.6 Å². The molecule has 0 aromatic rings. The van der Waals surface area contributed by atoms with Gasteiger partial charge < -0.3 is 5.48 Å². The molecule has 0 heterocycles. The predicted octanol–water partition coefficient (Wildman–Crippen LogP) is -1.59. The minimum Gasteiger partial charge on any atom is -0.412 e. The van der Waals surface area contributed by atoms with Crippen LogP contribution in [0.15, 0.2) is 0 Å². The van der Waals surface area contributed by atoms with Gasteiger partial charge in [-0.05, 0) is 0 Å². The molecule has 6 heteroatoms. The van der Waals surface area contributed by atoms with Gasteiger partial charge in [0, 0.05) is 179 Å². The summed E-state index contributed by atoms with van der Waals surface area (Å²) in [5.74, 6) is 0. The first-order valence-electron chi connectivity index (χ1n) is 0. The van der Waals surface area contributed by atoms with E-state index >= 15 is 0 Å². The molecule has 0 fully saturated rings. The fourth-order valence-electron chi connectivity index (χ4n) is 0. The summed E-state index contributed by atoms with van der Waals surface area (Å²) in [4.78, 5) is 0. The SMILES string of the molecule is O.[Ba].[Ca].[Cu].[Gd].[La]. The van der Waals surface area contributed by atoms with Crippen molar-refractivity contribution < 1.29 is 98.1 Å². The summed E-state index contributed by atoms with van der Waals surface area (Å²) in [6.07, 6.45) is 0. The Labute approximate surface area is 178 Å². The van der Waals surface area contributed by atoms with Gasteiger partial charge in [-0.3, -0.25) is 0 Å². The molecule has 6 heavy (non-hydrogen) atoms. The molecule has 0 saturated heterocycles. The van der Waals surface area contributed by atoms with Crippen molar-refractivity contribution in [3.8, 4) is 0 Å². The summed E-state index contributed by atoms with van der Waals surface area (Å²) in [7, 11) is 0. The van der Waals surface area contributed by atoms with E-state index in [4.69, 9.17) is 0 Å². The third-order valence-corrected chi connectivity index (χ3v) is 0. The summed E-state index contributed by atoms with van der Waals surface area (Å²) in [6.45, 7) is 0. The molecule has 34 valence electrons. The summed E-state index contributed by atoms with van der Waals surface area (Å²) in [6, 6.07) is 0. The van der Waals surface area contributed by atoms with Crippen molar-refractivity contribution in [2.45, 2.75) is 0 Å². The first-order valence-corrected chi connectivity index (χ1v) is 0. The smallest absolute Gasteiger partial charge is 0 e. The fraction of sp³-hybridized carbons (Fsp3) is 0. The van der Waals surface area contributed by atoms with Crippen molar-refractivity contribution in [2.75, 3.05) is 0 Å². The fourth-order valence-corrected chi connectivity index (χ4v) is 0. The van der Waals surface area contributed by atoms with Crippen LogP contribution < -0.4 is 0 Å². The molecular formula is H2BaCaCuGdLaO. The zero-order chi connectivity index (χ0) is 0. The van der Waals surface area contributed by atoms with Gasteiger partial charge in [-0.25, -0.2) is 0 Å². The molecule has 0 bridgehead atoms. The Morgan fingerprint density at radius 1 is 1.00 bits per heavy atom. The maximum Gasteiger partial charge on any atom is 0 e. The van der Waals surface area contributed by atoms with E-state index in [1.165, 1.54) is 0 Å². The van der Waals surface area contributed by atoms with Crippen LogP contribution in [0.2, 0.25) is 0 Å². The van der Waals surface area contributed by atoms with E-state index in [9.17, 15) is 0 Å². The molecule has 1 nitrogen and oxygen atoms in total. The standard InChI is InChI=1S/Ba.Ca.Cu.Gd.La.H2O/h;;;;;1H2. The van der Waals surface area contributed by atoms with Crippen molar-refractivity contribution in [1.29, 1.82) is 0 Å². The Balaban J connectivity index is 0. The van der Waals surface area contributed by atoms with Crippen LogP contribution in [-0.2, 0) is 17.1 Å². The van der Waals surface area contributed by atoms with Gasteiger partial charge in [0.15, 0.2) is 0 Å². The van der Waals surface area contributed by atoms with Crippen molar-refractivity contribution in [3.05, 3.63) is 0 Å². The third kappa shape index (κ3) is 22.5. The first-order chi connectivity index (χ1) is 0. The van der Waals surface area contributed by atoms with E-state index < -0.39 is 0 Å². The van der Waals surface area contributed by atoms with Crippen LogP contribution in [0, 0.1) is 75.5 Å². The van der Waals surface area contributed by atoms with Crippen LogP contribution in [0.3, 0.4) is 0 Å². The molecule has 0 aromatic carbocycles. The van der Waals surface area contributed by atoms with Gasteiger partial charge in [-0.1, -0.05) is 0 Å². The molecule has 0 rings (SSSR count). The van der Waals surface area contributed by atoms with Crippen LogP contribution >= 0.6 is 0 Å². The molecule has 0 amide bonds. The van der Waals surface area contributed by atoms with Crippen LogP contribution in [0.1, 0.15) is 0 Å². The average Bonchev–Trinajstić information content (AvgIpc) is 0. The molecule has 0 unspecified atom stereocenters. The molecule has 0 saturated carbocycles. The largest absolute Gasteiger partial charge is 0.412 e. The number of rotatable bonds is 0. The Morgan fingerprint density at radius 2 is 1.00 bits per heavy atom. The van der Waals surface area contributed by atoms with E-state index in [2.05, 4.69) is 0 Å². The molecule has 0 atom stereocenters. The second-order valence-electron chi connectivity index (χ2n) is 0. The normalized spacial score (nSPS) is 0. The predicted molar refractivity (Wildman–Crippen MR) is 15.1 cm³/mol. The third-order valence-electron chi connectivity index (χ3n) is 0. The molecule has 0 aromatic heterocycles. The van der Waals surface area contributed by atoms with Gasteiger partial charge in [0.2, 0.25) is 0 Å². The maximum absolute atomic E-state index is 0. The molecule has 0 aliphatic carbocycles. The summed E-state index contributed by atoms with van der Waals surface area (Å²) >= 11 is 0. The molecule has 0 spiro atoms. The first kappa shape index (κ1) is 40.8. The average molecular weight is 555 g/mol. The molecule has 0 aliphatic heterocycles. The Kier molecular flexibility index (Phi) is 209. The Bertz CT molecular complexity index is 15.5. The number of hydrogen-bond acceptors (Lipinski definition) is 0. The van der Waals surface area contributed by atoms with E-state index in [1.54, 1.807) is 0 Å². The topological polar surface area (TPSA) is 31.5 Å². The molecule has 2 N–H and O–H groups in total. The summed E-state index contributed by atoms with van der Waals surface area (Å²) in [5.41, 5.74) is 0. The van der Waals surface area contributed by atoms with Gasteiger partial charge in [-0.2, -0.15) is 0 Å². The van der Waals surface area contributed by atoms with Crippen molar-refractivity contribution in [1.82, 2.24) is 0 Å². The minimum absolute atomic E-state index is 0. The van der Waals surface area contributed by atoms with Crippen LogP contribution in [0.5, 0.6) is 0 Å². The van der Waals surface area contributed by atoms with E-state index in [1.807, 2.05) is 0 Å². The quantitative estimate of drug-likeness (QED) is 0.324. The van der Waals surface area contributed by atoms with E-state index in [0.717, 1.165) is 0 Å². The monoisotopic (exact) mass is 556 g/mol. The van der Waals surface area contributed by atoms with Gasteiger partial charge in [0.1, 0.15) is 0 Å². The molecule has 0 aliphatic rings. The zero-order valence-electron chi connectivity index (χ0n) is 3.15. The molecular weight excluding hydrogens is 553 g/mol. The maximum atomic E-state index is 0. The van der Waals surface area contributed by atoms with Gasteiger partial charge >= 0.3 is 0 Å². The number of hydrogen-bond donors (Lipinski definition) is 0. The van der Waals surface area contributed by atoms with Crippen LogP contribution in [-0.4, -0.2) is 92.1 Å². The second kappa shape index (κ2) is 30.8.